The maximum atomic E-state index is 14.5. The van der Waals surface area contributed by atoms with E-state index in [1.54, 1.807) is 37.4 Å². The number of rotatable bonds is 17. The number of nitrogens with one attached hydrogen (secondary N) is 2. The Balaban J connectivity index is 2.48. The Hall–Kier alpha value is -3.00. The highest BCUT2D eigenvalue weighted by molar-refractivity contribution is 7.98. The fraction of sp³-hybridized carbons (Fsp3) is 0.571. The molecule has 3 amide bonds. The number of hydrogen-bond donors (Lipinski definition) is 2. The Morgan fingerprint density at radius 2 is 1.63 bits per heavy atom. The summed E-state index contributed by atoms with van der Waals surface area (Å²) in [7, 11) is 0. The van der Waals surface area contributed by atoms with Gasteiger partial charge in [-0.15, -0.1) is 0 Å². The van der Waals surface area contributed by atoms with Gasteiger partial charge in [-0.25, -0.2) is 4.79 Å². The van der Waals surface area contributed by atoms with Crippen molar-refractivity contribution in [1.82, 2.24) is 15.5 Å². The lowest BCUT2D eigenvalue weighted by Crippen LogP contribution is -2.53. The van der Waals surface area contributed by atoms with Crippen LogP contribution in [0, 0.1) is 13.8 Å². The van der Waals surface area contributed by atoms with Gasteiger partial charge in [0.15, 0.2) is 0 Å². The topological polar surface area (TPSA) is 87.7 Å². The molecule has 238 valence electrons. The van der Waals surface area contributed by atoms with Crippen LogP contribution in [0.25, 0.3) is 0 Å². The highest BCUT2D eigenvalue weighted by Gasteiger charge is 2.36. The summed E-state index contributed by atoms with van der Waals surface area (Å²) in [6, 6.07) is 14.1. The van der Waals surface area contributed by atoms with E-state index < -0.39 is 23.8 Å². The first kappa shape index (κ1) is 36.2. The predicted octanol–water partition coefficient (Wildman–Crippen LogP) is 7.50. The minimum Gasteiger partial charge on any atom is -0.444 e. The largest absolute Gasteiger partial charge is 0.444 e. The third-order valence-corrected chi connectivity index (χ3v) is 7.87. The summed E-state index contributed by atoms with van der Waals surface area (Å²) in [4.78, 5) is 43.1. The van der Waals surface area contributed by atoms with Crippen LogP contribution >= 0.6 is 11.8 Å². The number of amides is 3. The second kappa shape index (κ2) is 18.6. The number of alkyl carbamates (subject to hydrolysis) is 1. The van der Waals surface area contributed by atoms with Crippen LogP contribution in [0.5, 0.6) is 0 Å². The zero-order valence-corrected chi connectivity index (χ0v) is 28.1. The van der Waals surface area contributed by atoms with Crippen LogP contribution in [-0.2, 0) is 20.9 Å². The molecule has 0 bridgehead atoms. The predicted molar refractivity (Wildman–Crippen MR) is 178 cm³/mol. The number of aryl methyl sites for hydroxylation is 2. The van der Waals surface area contributed by atoms with Crippen LogP contribution in [0.1, 0.15) is 101 Å². The van der Waals surface area contributed by atoms with Gasteiger partial charge in [-0.3, -0.25) is 9.59 Å². The molecule has 0 aliphatic heterocycles. The van der Waals surface area contributed by atoms with E-state index in [0.29, 0.717) is 25.3 Å². The Bertz CT molecular complexity index is 1150. The average Bonchev–Trinajstić information content (AvgIpc) is 2.95. The van der Waals surface area contributed by atoms with E-state index >= 15 is 0 Å². The van der Waals surface area contributed by atoms with E-state index in [2.05, 4.69) is 17.6 Å². The summed E-state index contributed by atoms with van der Waals surface area (Å²) in [5.41, 5.74) is 3.10. The first-order valence-corrected chi connectivity index (χ1v) is 17.0. The van der Waals surface area contributed by atoms with Crippen molar-refractivity contribution in [2.75, 3.05) is 18.6 Å². The van der Waals surface area contributed by atoms with Crippen LogP contribution in [0.4, 0.5) is 4.79 Å². The van der Waals surface area contributed by atoms with Crippen LogP contribution in [-0.4, -0.2) is 53.0 Å². The molecule has 2 N–H and O–H groups in total. The normalized spacial score (nSPS) is 12.7. The molecule has 0 aliphatic rings. The lowest BCUT2D eigenvalue weighted by atomic mass is 9.95. The van der Waals surface area contributed by atoms with Crippen LogP contribution in [0.15, 0.2) is 48.5 Å². The molecule has 0 radical (unpaired) electrons. The number of nitrogens with zero attached hydrogens (tertiary/aromatic N) is 1. The number of carbonyl (C=O) groups excluding carboxylic acids is 3. The van der Waals surface area contributed by atoms with Crippen molar-refractivity contribution in [1.29, 1.82) is 0 Å². The maximum Gasteiger partial charge on any atom is 0.408 e. The average molecular weight is 612 g/mol. The zero-order valence-electron chi connectivity index (χ0n) is 27.3. The third kappa shape index (κ3) is 13.0. The molecule has 2 unspecified atom stereocenters. The van der Waals surface area contributed by atoms with Crippen molar-refractivity contribution in [3.05, 3.63) is 70.8 Å². The molecule has 2 aromatic carbocycles. The molecule has 0 saturated heterocycles. The molecular formula is C35H53N3O4S. The number of benzene rings is 2. The smallest absolute Gasteiger partial charge is 0.408 e. The van der Waals surface area contributed by atoms with Gasteiger partial charge in [0.1, 0.15) is 17.7 Å². The summed E-state index contributed by atoms with van der Waals surface area (Å²) in [6.45, 7) is 12.3. The lowest BCUT2D eigenvalue weighted by molar-refractivity contribution is -0.142. The van der Waals surface area contributed by atoms with Gasteiger partial charge in [0.25, 0.3) is 0 Å². The van der Waals surface area contributed by atoms with Gasteiger partial charge in [-0.2, -0.15) is 11.8 Å². The van der Waals surface area contributed by atoms with E-state index in [1.165, 1.54) is 6.42 Å². The van der Waals surface area contributed by atoms with Crippen LogP contribution in [0.2, 0.25) is 0 Å². The molecule has 7 nitrogen and oxygen atoms in total. The van der Waals surface area contributed by atoms with Gasteiger partial charge in [0, 0.05) is 13.1 Å². The van der Waals surface area contributed by atoms with Gasteiger partial charge in [-0.1, -0.05) is 93.1 Å². The molecule has 0 aromatic heterocycles. The summed E-state index contributed by atoms with van der Waals surface area (Å²) >= 11 is 1.61. The van der Waals surface area contributed by atoms with E-state index in [1.807, 2.05) is 68.6 Å². The molecule has 0 fully saturated rings. The van der Waals surface area contributed by atoms with E-state index in [4.69, 9.17) is 4.74 Å². The van der Waals surface area contributed by atoms with Crippen molar-refractivity contribution in [3.63, 3.8) is 0 Å². The van der Waals surface area contributed by atoms with Gasteiger partial charge in [0.2, 0.25) is 11.8 Å². The van der Waals surface area contributed by atoms with Crippen molar-refractivity contribution in [2.24, 2.45) is 0 Å². The van der Waals surface area contributed by atoms with E-state index in [0.717, 1.165) is 54.4 Å². The summed E-state index contributed by atoms with van der Waals surface area (Å²) < 4.78 is 5.52. The molecule has 43 heavy (non-hydrogen) atoms. The highest BCUT2D eigenvalue weighted by atomic mass is 32.2. The molecule has 0 saturated carbocycles. The summed E-state index contributed by atoms with van der Waals surface area (Å²) in [5, 5.41) is 5.93. The summed E-state index contributed by atoms with van der Waals surface area (Å²) in [6.07, 6.45) is 8.07. The highest BCUT2D eigenvalue weighted by Crippen LogP contribution is 2.28. The zero-order chi connectivity index (χ0) is 31.8. The molecule has 0 heterocycles. The van der Waals surface area contributed by atoms with Gasteiger partial charge in [-0.05, 0) is 76.2 Å². The van der Waals surface area contributed by atoms with Crippen LogP contribution in [0.3, 0.4) is 0 Å². The van der Waals surface area contributed by atoms with E-state index in [-0.39, 0.29) is 11.8 Å². The standard InChI is InChI=1S/C35H53N3O4S/c1-8-9-10-11-12-16-22-38(33(40)30(21-23-43-7)37-34(41)42-35(4,5)6)31(29-20-19-26(2)24-27(29)3)32(39)36-25-28-17-14-13-15-18-28/h13-15,17-20,24,30-31H,8-12,16,21-23,25H2,1-7H3,(H,36,39)(H,37,41). The van der Waals surface area contributed by atoms with Gasteiger partial charge < -0.3 is 20.3 Å². The number of ether oxygens (including phenoxy) is 1. The molecule has 2 atom stereocenters. The second-order valence-electron chi connectivity index (χ2n) is 12.2. The first-order chi connectivity index (χ1) is 20.5. The minimum atomic E-state index is -0.843. The lowest BCUT2D eigenvalue weighted by Gasteiger charge is -2.35. The maximum absolute atomic E-state index is 14.5. The molecule has 0 spiro atoms. The van der Waals surface area contributed by atoms with Crippen LogP contribution < -0.4 is 10.6 Å². The number of hydrogen-bond acceptors (Lipinski definition) is 5. The molecule has 0 aliphatic carbocycles. The third-order valence-electron chi connectivity index (χ3n) is 7.22. The SMILES string of the molecule is CCCCCCCCN(C(=O)C(CCSC)NC(=O)OC(C)(C)C)C(C(=O)NCc1ccccc1)c1ccc(C)cc1C. The molecule has 2 rings (SSSR count). The van der Waals surface area contributed by atoms with Gasteiger partial charge >= 0.3 is 6.09 Å². The van der Waals surface area contributed by atoms with Crippen molar-refractivity contribution >= 4 is 29.7 Å². The first-order valence-electron chi connectivity index (χ1n) is 15.6. The quantitative estimate of drug-likeness (QED) is 0.181. The number of thioether (sulfide) groups is 1. The molecule has 2 aromatic rings. The Morgan fingerprint density at radius 1 is 0.953 bits per heavy atom. The Labute approximate surface area is 263 Å². The fourth-order valence-electron chi connectivity index (χ4n) is 5.04. The molecular weight excluding hydrogens is 558 g/mol. The van der Waals surface area contributed by atoms with Gasteiger partial charge in [0.05, 0.1) is 0 Å². The molecule has 8 heteroatoms. The van der Waals surface area contributed by atoms with E-state index in [9.17, 15) is 14.4 Å². The summed E-state index contributed by atoms with van der Waals surface area (Å²) in [5.74, 6) is 0.162. The fourth-order valence-corrected chi connectivity index (χ4v) is 5.51. The number of carbonyl (C=O) groups is 3. The second-order valence-corrected chi connectivity index (χ2v) is 13.2. The van der Waals surface area contributed by atoms with Crippen molar-refractivity contribution in [3.8, 4) is 0 Å². The Kier molecular flexibility index (Phi) is 15.7. The minimum absolute atomic E-state index is 0.240. The Morgan fingerprint density at radius 3 is 2.26 bits per heavy atom. The monoisotopic (exact) mass is 611 g/mol. The van der Waals surface area contributed by atoms with Crippen molar-refractivity contribution in [2.45, 2.75) is 111 Å². The van der Waals surface area contributed by atoms with Crippen molar-refractivity contribution < 1.29 is 19.1 Å². The number of unbranched alkanes of at least 4 members (excludes halogenated alkanes) is 5.